The minimum absolute atomic E-state index is 0.0157. The predicted octanol–water partition coefficient (Wildman–Crippen LogP) is 2.05. The molecule has 0 spiro atoms. The van der Waals surface area contributed by atoms with E-state index >= 15 is 0 Å². The van der Waals surface area contributed by atoms with Crippen molar-refractivity contribution in [3.05, 3.63) is 44.7 Å². The van der Waals surface area contributed by atoms with Gasteiger partial charge in [-0.15, -0.1) is 5.10 Å². The summed E-state index contributed by atoms with van der Waals surface area (Å²) in [4.78, 5) is 10.3. The van der Waals surface area contributed by atoms with Crippen molar-refractivity contribution in [2.45, 2.75) is 13.5 Å². The molecule has 1 aromatic carbocycles. The van der Waals surface area contributed by atoms with E-state index in [4.69, 9.17) is 0 Å². The van der Waals surface area contributed by atoms with Crippen molar-refractivity contribution in [2.24, 2.45) is 0 Å². The average molecular weight is 326 g/mol. The van der Waals surface area contributed by atoms with E-state index in [-0.39, 0.29) is 5.69 Å². The van der Waals surface area contributed by atoms with Gasteiger partial charge in [0.2, 0.25) is 0 Å². The lowest BCUT2D eigenvalue weighted by Crippen LogP contribution is -2.11. The molecule has 7 nitrogen and oxygen atoms in total. The van der Waals surface area contributed by atoms with Crippen LogP contribution in [0.15, 0.2) is 28.9 Å². The summed E-state index contributed by atoms with van der Waals surface area (Å²) in [6.07, 6.45) is 1.74. The van der Waals surface area contributed by atoms with Gasteiger partial charge in [0.15, 0.2) is 0 Å². The standard InChI is InChI=1S/C11H12BrN5O2/c1-2-13-6-8-7-16(15-14-8)11-5-9(17(18)19)3-4-10(11)12/h3-5,7,13H,2,6H2,1H3. The van der Waals surface area contributed by atoms with Crippen LogP contribution in [0.3, 0.4) is 0 Å². The fourth-order valence-electron chi connectivity index (χ4n) is 1.54. The van der Waals surface area contributed by atoms with Gasteiger partial charge in [-0.1, -0.05) is 12.1 Å². The van der Waals surface area contributed by atoms with Crippen LogP contribution in [0.2, 0.25) is 0 Å². The summed E-state index contributed by atoms with van der Waals surface area (Å²) in [6, 6.07) is 4.51. The molecular weight excluding hydrogens is 314 g/mol. The number of rotatable bonds is 5. The van der Waals surface area contributed by atoms with Crippen LogP contribution in [0.5, 0.6) is 0 Å². The fourth-order valence-corrected chi connectivity index (χ4v) is 1.97. The molecule has 2 aromatic rings. The maximum Gasteiger partial charge on any atom is 0.271 e. The Hall–Kier alpha value is -1.80. The second kappa shape index (κ2) is 5.89. The maximum atomic E-state index is 10.8. The van der Waals surface area contributed by atoms with Crippen LogP contribution < -0.4 is 5.32 Å². The number of nitrogens with one attached hydrogen (secondary N) is 1. The van der Waals surface area contributed by atoms with E-state index in [0.29, 0.717) is 12.2 Å². The molecule has 0 aliphatic carbocycles. The normalized spacial score (nSPS) is 10.6. The van der Waals surface area contributed by atoms with Gasteiger partial charge < -0.3 is 5.32 Å². The van der Waals surface area contributed by atoms with Gasteiger partial charge in [0.1, 0.15) is 0 Å². The molecule has 2 rings (SSSR count). The van der Waals surface area contributed by atoms with E-state index in [2.05, 4.69) is 31.6 Å². The van der Waals surface area contributed by atoms with E-state index in [1.807, 2.05) is 6.92 Å². The summed E-state index contributed by atoms with van der Waals surface area (Å²) in [6.45, 7) is 3.46. The predicted molar refractivity (Wildman–Crippen MR) is 73.1 cm³/mol. The highest BCUT2D eigenvalue weighted by Gasteiger charge is 2.12. The first-order valence-corrected chi connectivity index (χ1v) is 6.47. The second-order valence-electron chi connectivity index (χ2n) is 3.83. The van der Waals surface area contributed by atoms with Gasteiger partial charge in [-0.25, -0.2) is 4.68 Å². The van der Waals surface area contributed by atoms with Crippen molar-refractivity contribution < 1.29 is 4.92 Å². The van der Waals surface area contributed by atoms with Gasteiger partial charge in [-0.2, -0.15) is 0 Å². The lowest BCUT2D eigenvalue weighted by atomic mass is 10.3. The molecule has 0 unspecified atom stereocenters. The van der Waals surface area contributed by atoms with Crippen LogP contribution in [-0.2, 0) is 6.54 Å². The molecule has 100 valence electrons. The maximum absolute atomic E-state index is 10.8. The monoisotopic (exact) mass is 325 g/mol. The van der Waals surface area contributed by atoms with Crippen LogP contribution in [0.1, 0.15) is 12.6 Å². The fraction of sp³-hybridized carbons (Fsp3) is 0.273. The third kappa shape index (κ3) is 3.15. The number of non-ortho nitro benzene ring substituents is 1. The van der Waals surface area contributed by atoms with Crippen molar-refractivity contribution in [1.29, 1.82) is 0 Å². The van der Waals surface area contributed by atoms with Gasteiger partial charge in [0, 0.05) is 23.2 Å². The molecule has 0 saturated heterocycles. The molecule has 0 aliphatic heterocycles. The van der Waals surface area contributed by atoms with E-state index in [1.165, 1.54) is 16.8 Å². The molecule has 0 radical (unpaired) electrons. The Labute approximate surface area is 117 Å². The Bertz CT molecular complexity index is 599. The summed E-state index contributed by atoms with van der Waals surface area (Å²) in [5, 5.41) is 21.9. The minimum Gasteiger partial charge on any atom is -0.311 e. The van der Waals surface area contributed by atoms with Crippen LogP contribution in [0, 0.1) is 10.1 Å². The average Bonchev–Trinajstić information content (AvgIpc) is 2.85. The first-order valence-electron chi connectivity index (χ1n) is 5.68. The molecule has 0 aliphatic rings. The number of aromatic nitrogens is 3. The summed E-state index contributed by atoms with van der Waals surface area (Å²) in [5.74, 6) is 0. The number of benzene rings is 1. The SMILES string of the molecule is CCNCc1cn(-c2cc([N+](=O)[O-])ccc2Br)nn1. The van der Waals surface area contributed by atoms with Crippen LogP contribution in [0.25, 0.3) is 5.69 Å². The number of halogens is 1. The Morgan fingerprint density at radius 2 is 2.32 bits per heavy atom. The summed E-state index contributed by atoms with van der Waals surface area (Å²) in [5.41, 5.74) is 1.38. The Morgan fingerprint density at radius 1 is 1.53 bits per heavy atom. The molecule has 8 heteroatoms. The van der Waals surface area contributed by atoms with Crippen LogP contribution in [-0.4, -0.2) is 26.5 Å². The summed E-state index contributed by atoms with van der Waals surface area (Å²) in [7, 11) is 0. The van der Waals surface area contributed by atoms with Crippen molar-refractivity contribution in [1.82, 2.24) is 20.3 Å². The first kappa shape index (κ1) is 13.6. The van der Waals surface area contributed by atoms with E-state index in [0.717, 1.165) is 16.7 Å². The van der Waals surface area contributed by atoms with Gasteiger partial charge in [0.05, 0.1) is 22.5 Å². The van der Waals surface area contributed by atoms with E-state index in [1.54, 1.807) is 12.3 Å². The number of nitrogens with zero attached hydrogens (tertiary/aromatic N) is 4. The molecule has 1 heterocycles. The van der Waals surface area contributed by atoms with Gasteiger partial charge in [-0.3, -0.25) is 10.1 Å². The summed E-state index contributed by atoms with van der Waals surface area (Å²) < 4.78 is 2.24. The van der Waals surface area contributed by atoms with Crippen LogP contribution >= 0.6 is 15.9 Å². The lowest BCUT2D eigenvalue weighted by Gasteiger charge is -2.03. The van der Waals surface area contributed by atoms with Crippen molar-refractivity contribution in [2.75, 3.05) is 6.54 Å². The van der Waals surface area contributed by atoms with E-state index in [9.17, 15) is 10.1 Å². The van der Waals surface area contributed by atoms with E-state index < -0.39 is 4.92 Å². The highest BCUT2D eigenvalue weighted by atomic mass is 79.9. The van der Waals surface area contributed by atoms with Gasteiger partial charge in [0.25, 0.3) is 5.69 Å². The zero-order valence-electron chi connectivity index (χ0n) is 10.2. The smallest absolute Gasteiger partial charge is 0.271 e. The number of nitro benzene ring substituents is 1. The molecule has 0 fully saturated rings. The third-order valence-electron chi connectivity index (χ3n) is 2.48. The Morgan fingerprint density at radius 3 is 3.00 bits per heavy atom. The first-order chi connectivity index (χ1) is 9.11. The number of hydrogen-bond acceptors (Lipinski definition) is 5. The van der Waals surface area contributed by atoms with Crippen LogP contribution in [0.4, 0.5) is 5.69 Å². The number of nitro groups is 1. The molecule has 19 heavy (non-hydrogen) atoms. The molecule has 0 amide bonds. The Kier molecular flexibility index (Phi) is 4.23. The summed E-state index contributed by atoms with van der Waals surface area (Å²) >= 11 is 3.35. The highest BCUT2D eigenvalue weighted by molar-refractivity contribution is 9.10. The van der Waals surface area contributed by atoms with Gasteiger partial charge >= 0.3 is 0 Å². The molecule has 0 atom stereocenters. The quantitative estimate of drug-likeness (QED) is 0.671. The second-order valence-corrected chi connectivity index (χ2v) is 4.68. The molecule has 1 N–H and O–H groups in total. The third-order valence-corrected chi connectivity index (χ3v) is 3.15. The highest BCUT2D eigenvalue weighted by Crippen LogP contribution is 2.25. The molecule has 0 bridgehead atoms. The number of hydrogen-bond donors (Lipinski definition) is 1. The molecule has 1 aromatic heterocycles. The Balaban J connectivity index is 2.32. The zero-order chi connectivity index (χ0) is 13.8. The lowest BCUT2D eigenvalue weighted by molar-refractivity contribution is -0.384. The molecular formula is C11H12BrN5O2. The van der Waals surface area contributed by atoms with Gasteiger partial charge in [-0.05, 0) is 28.5 Å². The zero-order valence-corrected chi connectivity index (χ0v) is 11.8. The molecule has 0 saturated carbocycles. The minimum atomic E-state index is -0.438. The van der Waals surface area contributed by atoms with Crippen molar-refractivity contribution >= 4 is 21.6 Å². The largest absolute Gasteiger partial charge is 0.311 e. The van der Waals surface area contributed by atoms with Crippen molar-refractivity contribution in [3.8, 4) is 5.69 Å². The topological polar surface area (TPSA) is 85.9 Å². The van der Waals surface area contributed by atoms with Crippen molar-refractivity contribution in [3.63, 3.8) is 0 Å².